The number of alkyl halides is 5. The molecule has 25 heavy (non-hydrogen) atoms. The van der Waals surface area contributed by atoms with E-state index in [1.807, 2.05) is 0 Å². The minimum absolute atomic E-state index is 0.940. The van der Waals surface area contributed by atoms with Gasteiger partial charge >= 0.3 is 32.9 Å². The lowest BCUT2D eigenvalue weighted by molar-refractivity contribution is -0.298. The lowest BCUT2D eigenvalue weighted by Gasteiger charge is -2.28. The van der Waals surface area contributed by atoms with Crippen molar-refractivity contribution in [3.05, 3.63) is 0 Å². The van der Waals surface area contributed by atoms with Crippen molar-refractivity contribution in [2.45, 2.75) is 19.0 Å². The first-order valence-corrected chi connectivity index (χ1v) is 8.55. The Morgan fingerprint density at radius 1 is 0.920 bits per heavy atom. The van der Waals surface area contributed by atoms with Gasteiger partial charge in [-0.1, -0.05) is 6.92 Å². The van der Waals surface area contributed by atoms with Gasteiger partial charge in [0.15, 0.2) is 0 Å². The molecule has 10 nitrogen and oxygen atoms in total. The van der Waals surface area contributed by atoms with Crippen LogP contribution in [0.2, 0.25) is 0 Å². The van der Waals surface area contributed by atoms with Crippen LogP contribution in [-0.2, 0) is 38.2 Å². The molecule has 0 heterocycles. The highest BCUT2D eigenvalue weighted by molar-refractivity contribution is 7.81. The summed E-state index contributed by atoms with van der Waals surface area (Å²) in [6, 6.07) is 0. The van der Waals surface area contributed by atoms with Gasteiger partial charge in [0.05, 0.1) is 19.8 Å². The van der Waals surface area contributed by atoms with Gasteiger partial charge in [-0.25, -0.2) is 8.37 Å². The summed E-state index contributed by atoms with van der Waals surface area (Å²) in [7, 11) is -9.79. The summed E-state index contributed by atoms with van der Waals surface area (Å²) < 4.78 is 128. The van der Waals surface area contributed by atoms with Gasteiger partial charge in [-0.3, -0.25) is 4.55 Å². The van der Waals surface area contributed by atoms with Crippen LogP contribution in [0.3, 0.4) is 0 Å². The summed E-state index contributed by atoms with van der Waals surface area (Å²) in [5, 5.41) is 0. The quantitative estimate of drug-likeness (QED) is 0.265. The van der Waals surface area contributed by atoms with Crippen molar-refractivity contribution in [2.24, 2.45) is 11.3 Å². The molecular formula is C8H14F5NO9S2. The van der Waals surface area contributed by atoms with E-state index in [0.717, 1.165) is 6.92 Å². The van der Waals surface area contributed by atoms with Gasteiger partial charge in [0.25, 0.3) is 0 Å². The predicted molar refractivity (Wildman–Crippen MR) is 67.6 cm³/mol. The molecule has 1 unspecified atom stereocenters. The Balaban J connectivity index is 5.01. The van der Waals surface area contributed by atoms with Crippen LogP contribution in [0, 0.1) is 5.41 Å². The molecule has 152 valence electrons. The molecule has 0 saturated carbocycles. The highest BCUT2D eigenvalue weighted by Gasteiger charge is 2.57. The van der Waals surface area contributed by atoms with Crippen LogP contribution in [0.1, 0.15) is 6.92 Å². The SMILES string of the molecule is CC(COCC(F)(F)C(F)(F)F)(COS(=O)(=O)O)COS(=O)(=O)ON. The Morgan fingerprint density at radius 3 is 1.80 bits per heavy atom. The lowest BCUT2D eigenvalue weighted by Crippen LogP contribution is -2.43. The molecule has 0 aliphatic heterocycles. The molecule has 17 heteroatoms. The number of rotatable bonds is 11. The molecule has 0 bridgehead atoms. The van der Waals surface area contributed by atoms with E-state index in [1.165, 1.54) is 0 Å². The lowest BCUT2D eigenvalue weighted by atomic mass is 9.94. The third kappa shape index (κ3) is 9.54. The van der Waals surface area contributed by atoms with E-state index in [4.69, 9.17) is 4.55 Å². The molecule has 0 aliphatic carbocycles. The van der Waals surface area contributed by atoms with Gasteiger partial charge in [0, 0.05) is 5.41 Å². The van der Waals surface area contributed by atoms with E-state index >= 15 is 0 Å². The summed E-state index contributed by atoms with van der Waals surface area (Å²) in [4.78, 5) is 0. The first-order valence-electron chi connectivity index (χ1n) is 5.85. The third-order valence-corrected chi connectivity index (χ3v) is 3.43. The van der Waals surface area contributed by atoms with Crippen molar-refractivity contribution in [1.82, 2.24) is 0 Å². The van der Waals surface area contributed by atoms with Crippen LogP contribution in [0.4, 0.5) is 22.0 Å². The van der Waals surface area contributed by atoms with Crippen LogP contribution in [0.15, 0.2) is 0 Å². The minimum Gasteiger partial charge on any atom is -0.374 e. The number of ether oxygens (including phenoxy) is 1. The van der Waals surface area contributed by atoms with E-state index in [2.05, 4.69) is 23.3 Å². The van der Waals surface area contributed by atoms with Crippen LogP contribution in [0.5, 0.6) is 0 Å². The Kier molecular flexibility index (Phi) is 8.10. The molecule has 0 spiro atoms. The van der Waals surface area contributed by atoms with Gasteiger partial charge < -0.3 is 4.74 Å². The average Bonchev–Trinajstić information content (AvgIpc) is 2.41. The fourth-order valence-corrected chi connectivity index (χ4v) is 2.01. The molecule has 0 aromatic carbocycles. The van der Waals surface area contributed by atoms with Gasteiger partial charge in [0.2, 0.25) is 0 Å². The Morgan fingerprint density at radius 2 is 1.40 bits per heavy atom. The third-order valence-electron chi connectivity index (χ3n) is 2.37. The zero-order valence-electron chi connectivity index (χ0n) is 12.3. The average molecular weight is 427 g/mol. The largest absolute Gasteiger partial charge is 0.455 e. The van der Waals surface area contributed by atoms with Crippen molar-refractivity contribution in [3.63, 3.8) is 0 Å². The van der Waals surface area contributed by atoms with Crippen molar-refractivity contribution >= 4 is 20.8 Å². The molecule has 0 saturated heterocycles. The van der Waals surface area contributed by atoms with E-state index in [0.29, 0.717) is 0 Å². The highest BCUT2D eigenvalue weighted by atomic mass is 32.3. The second kappa shape index (κ2) is 8.33. The number of nitrogens with two attached hydrogens (primary N) is 1. The maximum Gasteiger partial charge on any atom is 0.455 e. The number of halogens is 5. The van der Waals surface area contributed by atoms with E-state index in [1.54, 1.807) is 0 Å². The first kappa shape index (κ1) is 24.3. The normalized spacial score (nSPS) is 16.6. The summed E-state index contributed by atoms with van der Waals surface area (Å²) in [6.07, 6.45) is -5.90. The van der Waals surface area contributed by atoms with Crippen LogP contribution in [-0.4, -0.2) is 59.9 Å². The zero-order chi connectivity index (χ0) is 20.2. The topological polar surface area (TPSA) is 151 Å². The second-order valence-corrected chi connectivity index (χ2v) is 7.30. The van der Waals surface area contributed by atoms with E-state index in [9.17, 15) is 38.8 Å². The fourth-order valence-electron chi connectivity index (χ4n) is 1.09. The summed E-state index contributed by atoms with van der Waals surface area (Å²) in [5.74, 6) is -0.869. The molecule has 0 fully saturated rings. The Labute approximate surface area is 139 Å². The Bertz CT molecular complexity index is 635. The molecule has 0 aromatic heterocycles. The maximum absolute atomic E-state index is 12.7. The molecule has 0 rings (SSSR count). The van der Waals surface area contributed by atoms with E-state index in [-0.39, 0.29) is 0 Å². The van der Waals surface area contributed by atoms with Crippen LogP contribution in [0.25, 0.3) is 0 Å². The molecule has 1 atom stereocenters. The smallest absolute Gasteiger partial charge is 0.374 e. The fraction of sp³-hybridized carbons (Fsp3) is 1.00. The summed E-state index contributed by atoms with van der Waals surface area (Å²) in [5.41, 5.74) is -1.91. The molecule has 0 aliphatic rings. The predicted octanol–water partition coefficient (Wildman–Crippen LogP) is 0.178. The standard InChI is InChI=1S/C8H14F5NO9S2/c1-6(3-21-24(15,16)17,4-22-25(18,19)23-14)2-20-5-7(9,10)8(11,12)13/h2-5,14H2,1H3,(H,15,16,17). The molecule has 0 radical (unpaired) electrons. The van der Waals surface area contributed by atoms with Crippen molar-refractivity contribution in [2.75, 3.05) is 26.4 Å². The monoisotopic (exact) mass is 427 g/mol. The van der Waals surface area contributed by atoms with Gasteiger partial charge in [-0.05, 0) is 0 Å². The summed E-state index contributed by atoms with van der Waals surface area (Å²) >= 11 is 0. The molecule has 3 N–H and O–H groups in total. The molecule has 0 amide bonds. The van der Waals surface area contributed by atoms with Crippen molar-refractivity contribution in [3.8, 4) is 0 Å². The highest BCUT2D eigenvalue weighted by Crippen LogP contribution is 2.36. The van der Waals surface area contributed by atoms with Crippen molar-refractivity contribution in [1.29, 1.82) is 0 Å². The van der Waals surface area contributed by atoms with Crippen LogP contribution >= 0.6 is 0 Å². The summed E-state index contributed by atoms with van der Waals surface area (Å²) in [6.45, 7) is -4.43. The van der Waals surface area contributed by atoms with Gasteiger partial charge in [0.1, 0.15) is 6.61 Å². The number of hydrogen-bond acceptors (Lipinski definition) is 9. The molecule has 0 aromatic rings. The zero-order valence-corrected chi connectivity index (χ0v) is 14.0. The molecular weight excluding hydrogens is 413 g/mol. The minimum atomic E-state index is -5.90. The maximum atomic E-state index is 12.7. The number of hydrogen-bond donors (Lipinski definition) is 2. The second-order valence-electron chi connectivity index (χ2n) is 4.96. The van der Waals surface area contributed by atoms with E-state index < -0.39 is 64.7 Å². The first-order chi connectivity index (χ1) is 10.9. The van der Waals surface area contributed by atoms with Crippen molar-refractivity contribution < 1.29 is 60.7 Å². The van der Waals surface area contributed by atoms with Gasteiger partial charge in [-0.15, -0.1) is 0 Å². The van der Waals surface area contributed by atoms with Gasteiger partial charge in [-0.2, -0.15) is 49.0 Å². The Hall–Kier alpha value is -0.690. The van der Waals surface area contributed by atoms with Crippen LogP contribution < -0.4 is 5.90 Å².